The molecule has 0 radical (unpaired) electrons. The van der Waals surface area contributed by atoms with Crippen molar-refractivity contribution in [3.8, 4) is 11.6 Å². The molecule has 0 fully saturated rings. The summed E-state index contributed by atoms with van der Waals surface area (Å²) in [5.74, 6) is 0.990. The van der Waals surface area contributed by atoms with Crippen molar-refractivity contribution in [2.24, 2.45) is 4.99 Å². The van der Waals surface area contributed by atoms with Crippen LogP contribution in [0.2, 0.25) is 0 Å². The van der Waals surface area contributed by atoms with Gasteiger partial charge in [-0.05, 0) is 47.5 Å². The van der Waals surface area contributed by atoms with Gasteiger partial charge in [-0.15, -0.1) is 0 Å². The second kappa shape index (κ2) is 9.45. The highest BCUT2D eigenvalue weighted by Crippen LogP contribution is 2.19. The first kappa shape index (κ1) is 19.3. The number of halogens is 2. The van der Waals surface area contributed by atoms with Crippen LogP contribution in [0.1, 0.15) is 11.1 Å². The van der Waals surface area contributed by atoms with Gasteiger partial charge in [0.15, 0.2) is 5.96 Å². The zero-order chi connectivity index (χ0) is 19.8. The number of nitrogens with one attached hydrogen (secondary N) is 2. The lowest BCUT2D eigenvalue weighted by Crippen LogP contribution is -2.36. The molecule has 2 aromatic carbocycles. The predicted octanol–water partition coefficient (Wildman–Crippen LogP) is 4.02. The van der Waals surface area contributed by atoms with E-state index in [9.17, 15) is 8.78 Å². The Balaban J connectivity index is 1.48. The number of pyridine rings is 1. The standard InChI is InChI=1S/C21H20F2N4O/c1-24-21(26-12-15-2-5-17(22)6-3-15)27-14-16-4-11-20(25-13-16)28-19-9-7-18(23)8-10-19/h2-11,13H,12,14H2,1H3,(H2,24,26,27). The molecule has 7 heteroatoms. The van der Waals surface area contributed by atoms with E-state index >= 15 is 0 Å². The minimum Gasteiger partial charge on any atom is -0.439 e. The van der Waals surface area contributed by atoms with Gasteiger partial charge >= 0.3 is 0 Å². The van der Waals surface area contributed by atoms with Crippen LogP contribution in [0.4, 0.5) is 8.78 Å². The fourth-order valence-corrected chi connectivity index (χ4v) is 2.39. The summed E-state index contributed by atoms with van der Waals surface area (Å²) in [6, 6.07) is 15.7. The predicted molar refractivity (Wildman–Crippen MR) is 104 cm³/mol. The highest BCUT2D eigenvalue weighted by molar-refractivity contribution is 5.79. The highest BCUT2D eigenvalue weighted by atomic mass is 19.1. The van der Waals surface area contributed by atoms with Crippen molar-refractivity contribution in [3.05, 3.63) is 89.6 Å². The molecule has 0 aliphatic heterocycles. The molecule has 0 aliphatic rings. The lowest BCUT2D eigenvalue weighted by atomic mass is 10.2. The number of rotatable bonds is 6. The number of hydrogen-bond acceptors (Lipinski definition) is 3. The Hall–Kier alpha value is -3.48. The first-order valence-electron chi connectivity index (χ1n) is 8.70. The first-order chi connectivity index (χ1) is 13.6. The molecule has 144 valence electrons. The molecule has 1 aromatic heterocycles. The van der Waals surface area contributed by atoms with Crippen LogP contribution in [0.3, 0.4) is 0 Å². The van der Waals surface area contributed by atoms with Crippen molar-refractivity contribution in [1.82, 2.24) is 15.6 Å². The Labute approximate surface area is 162 Å². The zero-order valence-electron chi connectivity index (χ0n) is 15.3. The Morgan fingerprint density at radius 1 is 0.857 bits per heavy atom. The number of guanidine groups is 1. The quantitative estimate of drug-likeness (QED) is 0.499. The minimum absolute atomic E-state index is 0.259. The molecule has 0 aliphatic carbocycles. The van der Waals surface area contributed by atoms with Crippen LogP contribution in [-0.2, 0) is 13.1 Å². The fourth-order valence-electron chi connectivity index (χ4n) is 2.39. The summed E-state index contributed by atoms with van der Waals surface area (Å²) in [6.07, 6.45) is 1.69. The van der Waals surface area contributed by atoms with Crippen LogP contribution >= 0.6 is 0 Å². The molecule has 2 N–H and O–H groups in total. The van der Waals surface area contributed by atoms with Gasteiger partial charge in [0.1, 0.15) is 17.4 Å². The van der Waals surface area contributed by atoms with Crippen LogP contribution in [0.25, 0.3) is 0 Å². The van der Waals surface area contributed by atoms with Crippen LogP contribution < -0.4 is 15.4 Å². The van der Waals surface area contributed by atoms with E-state index in [1.807, 2.05) is 6.07 Å². The molecule has 0 unspecified atom stereocenters. The maximum Gasteiger partial charge on any atom is 0.219 e. The summed E-state index contributed by atoms with van der Waals surface area (Å²) in [5, 5.41) is 6.35. The van der Waals surface area contributed by atoms with Crippen molar-refractivity contribution in [3.63, 3.8) is 0 Å². The molecular formula is C21H20F2N4O. The summed E-state index contributed by atoms with van der Waals surface area (Å²) in [6.45, 7) is 1.05. The van der Waals surface area contributed by atoms with Gasteiger partial charge in [0.05, 0.1) is 0 Å². The maximum atomic E-state index is 12.9. The van der Waals surface area contributed by atoms with Crippen molar-refractivity contribution in [1.29, 1.82) is 0 Å². The molecule has 5 nitrogen and oxygen atoms in total. The van der Waals surface area contributed by atoms with E-state index in [1.54, 1.807) is 43.6 Å². The molecule has 0 saturated heterocycles. The van der Waals surface area contributed by atoms with Crippen LogP contribution in [0, 0.1) is 11.6 Å². The summed E-state index contributed by atoms with van der Waals surface area (Å²) < 4.78 is 31.4. The van der Waals surface area contributed by atoms with Crippen LogP contribution in [0.15, 0.2) is 71.9 Å². The number of aromatic nitrogens is 1. The van der Waals surface area contributed by atoms with Gasteiger partial charge in [0, 0.05) is 32.4 Å². The van der Waals surface area contributed by atoms with Crippen molar-refractivity contribution < 1.29 is 13.5 Å². The van der Waals surface area contributed by atoms with E-state index < -0.39 is 0 Å². The van der Waals surface area contributed by atoms with Crippen molar-refractivity contribution >= 4 is 5.96 Å². The number of benzene rings is 2. The van der Waals surface area contributed by atoms with Crippen LogP contribution in [-0.4, -0.2) is 18.0 Å². The van der Waals surface area contributed by atoms with E-state index in [1.165, 1.54) is 24.3 Å². The first-order valence-corrected chi connectivity index (χ1v) is 8.70. The second-order valence-electron chi connectivity index (χ2n) is 5.97. The SMILES string of the molecule is CN=C(NCc1ccc(F)cc1)NCc1ccc(Oc2ccc(F)cc2)nc1. The third-order valence-corrected chi connectivity index (χ3v) is 3.89. The Kier molecular flexibility index (Phi) is 6.51. The van der Waals surface area contributed by atoms with Gasteiger partial charge in [-0.1, -0.05) is 18.2 Å². The number of ether oxygens (including phenoxy) is 1. The monoisotopic (exact) mass is 382 g/mol. The van der Waals surface area contributed by atoms with E-state index in [0.717, 1.165) is 11.1 Å². The normalized spacial score (nSPS) is 11.2. The fraction of sp³-hybridized carbons (Fsp3) is 0.143. The summed E-state index contributed by atoms with van der Waals surface area (Å²) in [7, 11) is 1.68. The summed E-state index contributed by atoms with van der Waals surface area (Å²) >= 11 is 0. The van der Waals surface area contributed by atoms with E-state index in [4.69, 9.17) is 4.74 Å². The van der Waals surface area contributed by atoms with Crippen molar-refractivity contribution in [2.75, 3.05) is 7.05 Å². The second-order valence-corrected chi connectivity index (χ2v) is 5.97. The molecule has 3 aromatic rings. The number of nitrogens with zero attached hydrogens (tertiary/aromatic N) is 2. The van der Waals surface area contributed by atoms with Crippen molar-refractivity contribution in [2.45, 2.75) is 13.1 Å². The van der Waals surface area contributed by atoms with Gasteiger partial charge < -0.3 is 15.4 Å². The molecule has 0 spiro atoms. The van der Waals surface area contributed by atoms with E-state index in [0.29, 0.717) is 30.7 Å². The topological polar surface area (TPSA) is 58.5 Å². The molecule has 0 amide bonds. The minimum atomic E-state index is -0.317. The summed E-state index contributed by atoms with van der Waals surface area (Å²) in [5.41, 5.74) is 1.89. The molecular weight excluding hydrogens is 362 g/mol. The lowest BCUT2D eigenvalue weighted by Gasteiger charge is -2.12. The molecule has 0 saturated carbocycles. The Morgan fingerprint density at radius 3 is 2.00 bits per heavy atom. The molecule has 28 heavy (non-hydrogen) atoms. The maximum absolute atomic E-state index is 12.9. The summed E-state index contributed by atoms with van der Waals surface area (Å²) in [4.78, 5) is 8.41. The van der Waals surface area contributed by atoms with Crippen LogP contribution in [0.5, 0.6) is 11.6 Å². The number of aliphatic imine (C=N–C) groups is 1. The lowest BCUT2D eigenvalue weighted by molar-refractivity contribution is 0.461. The highest BCUT2D eigenvalue weighted by Gasteiger charge is 2.02. The molecule has 3 rings (SSSR count). The zero-order valence-corrected chi connectivity index (χ0v) is 15.3. The molecule has 0 bridgehead atoms. The molecule has 0 atom stereocenters. The smallest absolute Gasteiger partial charge is 0.219 e. The largest absolute Gasteiger partial charge is 0.439 e. The Morgan fingerprint density at radius 2 is 1.43 bits per heavy atom. The van der Waals surface area contributed by atoms with Gasteiger partial charge in [0.2, 0.25) is 5.88 Å². The van der Waals surface area contributed by atoms with E-state index in [2.05, 4.69) is 20.6 Å². The Bertz CT molecular complexity index is 911. The third kappa shape index (κ3) is 5.77. The average molecular weight is 382 g/mol. The van der Waals surface area contributed by atoms with Gasteiger partial charge in [-0.25, -0.2) is 13.8 Å². The van der Waals surface area contributed by atoms with Gasteiger partial charge in [-0.2, -0.15) is 0 Å². The molecule has 1 heterocycles. The number of hydrogen-bond donors (Lipinski definition) is 2. The van der Waals surface area contributed by atoms with E-state index in [-0.39, 0.29) is 11.6 Å². The average Bonchev–Trinajstić information content (AvgIpc) is 2.72. The van der Waals surface area contributed by atoms with Gasteiger partial charge in [-0.3, -0.25) is 4.99 Å². The third-order valence-electron chi connectivity index (χ3n) is 3.89. The van der Waals surface area contributed by atoms with Gasteiger partial charge in [0.25, 0.3) is 0 Å².